The van der Waals surface area contributed by atoms with E-state index in [9.17, 15) is 9.59 Å². The minimum Gasteiger partial charge on any atom is -0.348 e. The maximum Gasteiger partial charge on any atom is 0.225 e. The molecule has 0 saturated carbocycles. The molecule has 5 nitrogen and oxygen atoms in total. The first-order valence-corrected chi connectivity index (χ1v) is 8.65. The van der Waals surface area contributed by atoms with E-state index in [4.69, 9.17) is 11.6 Å². The van der Waals surface area contributed by atoms with Crippen molar-refractivity contribution in [3.05, 3.63) is 64.9 Å². The van der Waals surface area contributed by atoms with Gasteiger partial charge in [-0.2, -0.15) is 0 Å². The van der Waals surface area contributed by atoms with Crippen LogP contribution in [-0.2, 0) is 16.1 Å². The minimum absolute atomic E-state index is 0.0226. The molecule has 2 atom stereocenters. The molecule has 1 aliphatic heterocycles. The van der Waals surface area contributed by atoms with Crippen LogP contribution in [0.15, 0.2) is 48.7 Å². The van der Waals surface area contributed by atoms with Crippen molar-refractivity contribution in [2.75, 3.05) is 6.54 Å². The van der Waals surface area contributed by atoms with Crippen LogP contribution in [0.1, 0.15) is 30.6 Å². The molecular formula is C19H20ClN3O2. The van der Waals surface area contributed by atoms with Gasteiger partial charge in [-0.3, -0.25) is 14.6 Å². The molecule has 1 aromatic carbocycles. The normalized spacial score (nSPS) is 18.2. The summed E-state index contributed by atoms with van der Waals surface area (Å²) in [6, 6.07) is 12.8. The van der Waals surface area contributed by atoms with Gasteiger partial charge in [-0.05, 0) is 30.7 Å². The van der Waals surface area contributed by atoms with Crippen molar-refractivity contribution >= 4 is 23.4 Å². The lowest BCUT2D eigenvalue weighted by Gasteiger charge is -2.19. The van der Waals surface area contributed by atoms with E-state index in [1.807, 2.05) is 43.3 Å². The Morgan fingerprint density at radius 1 is 1.32 bits per heavy atom. The Hall–Kier alpha value is -2.40. The minimum atomic E-state index is -0.346. The maximum absolute atomic E-state index is 12.5. The van der Waals surface area contributed by atoms with Crippen LogP contribution in [0, 0.1) is 5.92 Å². The largest absolute Gasteiger partial charge is 0.348 e. The Balaban J connectivity index is 1.60. The van der Waals surface area contributed by atoms with Crippen LogP contribution in [-0.4, -0.2) is 28.2 Å². The predicted molar refractivity (Wildman–Crippen MR) is 95.8 cm³/mol. The molecule has 0 radical (unpaired) electrons. The topological polar surface area (TPSA) is 62.3 Å². The molecule has 6 heteroatoms. The van der Waals surface area contributed by atoms with Gasteiger partial charge in [0.1, 0.15) is 0 Å². The predicted octanol–water partition coefficient (Wildman–Crippen LogP) is 2.96. The van der Waals surface area contributed by atoms with Crippen molar-refractivity contribution in [1.29, 1.82) is 0 Å². The number of benzene rings is 1. The van der Waals surface area contributed by atoms with E-state index in [0.717, 1.165) is 11.3 Å². The van der Waals surface area contributed by atoms with Gasteiger partial charge in [0.05, 0.1) is 17.7 Å². The molecular weight excluding hydrogens is 338 g/mol. The maximum atomic E-state index is 12.5. The second-order valence-corrected chi connectivity index (χ2v) is 6.66. The summed E-state index contributed by atoms with van der Waals surface area (Å²) >= 11 is 6.16. The number of carbonyl (C=O) groups excluding carboxylic acids is 2. The van der Waals surface area contributed by atoms with E-state index < -0.39 is 0 Å². The number of likely N-dealkylation sites (tertiary alicyclic amines) is 1. The highest BCUT2D eigenvalue weighted by atomic mass is 35.5. The average Bonchev–Trinajstić information content (AvgIpc) is 2.98. The summed E-state index contributed by atoms with van der Waals surface area (Å²) in [6.45, 7) is 2.72. The molecule has 2 aromatic rings. The van der Waals surface area contributed by atoms with Crippen LogP contribution in [0.5, 0.6) is 0 Å². The molecule has 2 amide bonds. The summed E-state index contributed by atoms with van der Waals surface area (Å²) in [5.74, 6) is -0.486. The van der Waals surface area contributed by atoms with Gasteiger partial charge in [0.15, 0.2) is 0 Å². The Labute approximate surface area is 152 Å². The first-order valence-electron chi connectivity index (χ1n) is 8.27. The van der Waals surface area contributed by atoms with Gasteiger partial charge >= 0.3 is 0 Å². The number of nitrogens with one attached hydrogen (secondary N) is 1. The summed E-state index contributed by atoms with van der Waals surface area (Å²) in [5.41, 5.74) is 1.69. The molecule has 2 heterocycles. The van der Waals surface area contributed by atoms with Crippen molar-refractivity contribution < 1.29 is 9.59 Å². The van der Waals surface area contributed by atoms with Gasteiger partial charge in [0.25, 0.3) is 0 Å². The van der Waals surface area contributed by atoms with E-state index in [1.165, 1.54) is 0 Å². The Morgan fingerprint density at radius 3 is 2.80 bits per heavy atom. The highest BCUT2D eigenvalue weighted by Crippen LogP contribution is 2.24. The zero-order valence-electron chi connectivity index (χ0n) is 14.0. The van der Waals surface area contributed by atoms with Crippen molar-refractivity contribution in [3.63, 3.8) is 0 Å². The number of hydrogen-bond donors (Lipinski definition) is 1. The number of halogens is 1. The zero-order valence-corrected chi connectivity index (χ0v) is 14.7. The SMILES string of the molecule is CC(NC(=O)C1CC(=O)N(Cc2ccccc2Cl)C1)c1ccccn1. The lowest BCUT2D eigenvalue weighted by molar-refractivity contribution is -0.129. The third kappa shape index (κ3) is 4.17. The highest BCUT2D eigenvalue weighted by Gasteiger charge is 2.35. The van der Waals surface area contributed by atoms with Crippen LogP contribution >= 0.6 is 11.6 Å². The van der Waals surface area contributed by atoms with Gasteiger partial charge in [0, 0.05) is 30.7 Å². The smallest absolute Gasteiger partial charge is 0.225 e. The average molecular weight is 358 g/mol. The fourth-order valence-corrected chi connectivity index (χ4v) is 3.17. The molecule has 0 bridgehead atoms. The summed E-state index contributed by atoms with van der Waals surface area (Å²) < 4.78 is 0. The number of amides is 2. The Kier molecular flexibility index (Phi) is 5.34. The third-order valence-electron chi connectivity index (χ3n) is 4.39. The first-order chi connectivity index (χ1) is 12.0. The van der Waals surface area contributed by atoms with E-state index in [2.05, 4.69) is 10.3 Å². The van der Waals surface area contributed by atoms with Crippen molar-refractivity contribution in [1.82, 2.24) is 15.2 Å². The number of pyridine rings is 1. The quantitative estimate of drug-likeness (QED) is 0.894. The van der Waals surface area contributed by atoms with Gasteiger partial charge in [0.2, 0.25) is 11.8 Å². The lowest BCUT2D eigenvalue weighted by atomic mass is 10.1. The standard InChI is InChI=1S/C19H20ClN3O2/c1-13(17-8-4-5-9-21-17)22-19(25)15-10-18(24)23(12-15)11-14-6-2-3-7-16(14)20/h2-9,13,15H,10-12H2,1H3,(H,22,25). The summed E-state index contributed by atoms with van der Waals surface area (Å²) in [7, 11) is 0. The molecule has 1 fully saturated rings. The molecule has 3 rings (SSSR count). The van der Waals surface area contributed by atoms with Crippen molar-refractivity contribution in [2.24, 2.45) is 5.92 Å². The first kappa shape index (κ1) is 17.4. The van der Waals surface area contributed by atoms with E-state index >= 15 is 0 Å². The highest BCUT2D eigenvalue weighted by molar-refractivity contribution is 6.31. The van der Waals surface area contributed by atoms with Gasteiger partial charge in [-0.25, -0.2) is 0 Å². The van der Waals surface area contributed by atoms with Crippen molar-refractivity contribution in [2.45, 2.75) is 25.9 Å². The number of hydrogen-bond acceptors (Lipinski definition) is 3. The second kappa shape index (κ2) is 7.66. The van der Waals surface area contributed by atoms with E-state index in [0.29, 0.717) is 18.1 Å². The third-order valence-corrected chi connectivity index (χ3v) is 4.76. The summed E-state index contributed by atoms with van der Waals surface area (Å²) in [4.78, 5) is 30.7. The number of carbonyl (C=O) groups is 2. The fraction of sp³-hybridized carbons (Fsp3) is 0.316. The van der Waals surface area contributed by atoms with Gasteiger partial charge < -0.3 is 10.2 Å². The summed E-state index contributed by atoms with van der Waals surface area (Å²) in [5, 5.41) is 3.58. The number of aromatic nitrogens is 1. The fourth-order valence-electron chi connectivity index (χ4n) is 2.97. The lowest BCUT2D eigenvalue weighted by Crippen LogP contribution is -2.34. The molecule has 1 N–H and O–H groups in total. The van der Waals surface area contributed by atoms with Crippen LogP contribution in [0.2, 0.25) is 5.02 Å². The van der Waals surface area contributed by atoms with Crippen molar-refractivity contribution in [3.8, 4) is 0 Å². The van der Waals surface area contributed by atoms with Crippen LogP contribution < -0.4 is 5.32 Å². The van der Waals surface area contributed by atoms with Gasteiger partial charge in [-0.15, -0.1) is 0 Å². The molecule has 1 aromatic heterocycles. The number of rotatable bonds is 5. The molecule has 0 aliphatic carbocycles. The monoisotopic (exact) mass is 357 g/mol. The molecule has 130 valence electrons. The molecule has 2 unspecified atom stereocenters. The van der Waals surface area contributed by atoms with Crippen LogP contribution in [0.3, 0.4) is 0 Å². The molecule has 1 saturated heterocycles. The zero-order chi connectivity index (χ0) is 17.8. The van der Waals surface area contributed by atoms with Gasteiger partial charge in [-0.1, -0.05) is 35.9 Å². The van der Waals surface area contributed by atoms with E-state index in [-0.39, 0.29) is 30.2 Å². The molecule has 0 spiro atoms. The van der Waals surface area contributed by atoms with E-state index in [1.54, 1.807) is 17.2 Å². The molecule has 1 aliphatic rings. The van der Waals surface area contributed by atoms with Crippen LogP contribution in [0.4, 0.5) is 0 Å². The Bertz CT molecular complexity index is 766. The number of nitrogens with zero attached hydrogens (tertiary/aromatic N) is 2. The Morgan fingerprint density at radius 2 is 2.08 bits per heavy atom. The van der Waals surface area contributed by atoms with Crippen LogP contribution in [0.25, 0.3) is 0 Å². The second-order valence-electron chi connectivity index (χ2n) is 6.25. The molecule has 25 heavy (non-hydrogen) atoms. The summed E-state index contributed by atoms with van der Waals surface area (Å²) in [6.07, 6.45) is 1.92.